The predicted molar refractivity (Wildman–Crippen MR) is 92.8 cm³/mol. The molecule has 2 heterocycles. The molecule has 1 aliphatic rings. The van der Waals surface area contributed by atoms with Gasteiger partial charge in [-0.3, -0.25) is 9.97 Å². The lowest BCUT2D eigenvalue weighted by Gasteiger charge is -2.31. The van der Waals surface area contributed by atoms with Crippen LogP contribution in [-0.4, -0.2) is 53.1 Å². The molecule has 1 aromatic heterocycles. The van der Waals surface area contributed by atoms with Gasteiger partial charge in [0.05, 0.1) is 23.2 Å². The van der Waals surface area contributed by atoms with Crippen LogP contribution in [0.1, 0.15) is 34.8 Å². The van der Waals surface area contributed by atoms with Crippen LogP contribution in [0.15, 0.2) is 36.7 Å². The summed E-state index contributed by atoms with van der Waals surface area (Å²) in [5, 5.41) is 9.02. The number of aromatic nitrogens is 2. The number of rotatable bonds is 4. The molecule has 0 spiro atoms. The van der Waals surface area contributed by atoms with E-state index in [1.54, 1.807) is 24.5 Å². The van der Waals surface area contributed by atoms with Crippen LogP contribution in [-0.2, 0) is 10.0 Å². The van der Waals surface area contributed by atoms with Crippen molar-refractivity contribution in [2.24, 2.45) is 0 Å². The number of nitrogens with zero attached hydrogens (tertiary/aromatic N) is 3. The van der Waals surface area contributed by atoms with Gasteiger partial charge in [-0.1, -0.05) is 12.1 Å². The summed E-state index contributed by atoms with van der Waals surface area (Å²) in [4.78, 5) is 19.9. The van der Waals surface area contributed by atoms with Crippen molar-refractivity contribution in [2.75, 3.05) is 19.3 Å². The summed E-state index contributed by atoms with van der Waals surface area (Å²) in [6.45, 7) is 0.913. The largest absolute Gasteiger partial charge is 0.478 e. The molecular weight excluding hydrogens is 342 g/mol. The molecule has 1 saturated heterocycles. The molecule has 0 saturated carbocycles. The number of sulfonamides is 1. The maximum atomic E-state index is 11.9. The second-order valence-corrected chi connectivity index (χ2v) is 8.12. The van der Waals surface area contributed by atoms with E-state index in [1.807, 2.05) is 0 Å². The van der Waals surface area contributed by atoms with Crippen molar-refractivity contribution in [3.8, 4) is 11.3 Å². The number of carboxylic acid groups (broad SMARTS) is 1. The highest BCUT2D eigenvalue weighted by atomic mass is 32.2. The van der Waals surface area contributed by atoms with Crippen LogP contribution in [0.5, 0.6) is 0 Å². The summed E-state index contributed by atoms with van der Waals surface area (Å²) < 4.78 is 25.2. The van der Waals surface area contributed by atoms with Crippen LogP contribution >= 0.6 is 0 Å². The molecule has 25 heavy (non-hydrogen) atoms. The third-order valence-electron chi connectivity index (χ3n) is 4.37. The summed E-state index contributed by atoms with van der Waals surface area (Å²) >= 11 is 0. The molecule has 1 atom stereocenters. The highest BCUT2D eigenvalue weighted by Crippen LogP contribution is 2.32. The molecular formula is C17H19N3O4S. The van der Waals surface area contributed by atoms with Gasteiger partial charge in [0.1, 0.15) is 0 Å². The van der Waals surface area contributed by atoms with E-state index in [1.165, 1.54) is 22.7 Å². The molecule has 0 radical (unpaired) electrons. The highest BCUT2D eigenvalue weighted by Gasteiger charge is 2.29. The summed E-state index contributed by atoms with van der Waals surface area (Å²) in [6.07, 6.45) is 6.01. The second kappa shape index (κ2) is 6.89. The van der Waals surface area contributed by atoms with Crippen molar-refractivity contribution in [3.63, 3.8) is 0 Å². The third-order valence-corrected chi connectivity index (χ3v) is 5.64. The Labute approximate surface area is 146 Å². The van der Waals surface area contributed by atoms with Crippen molar-refractivity contribution in [1.82, 2.24) is 14.3 Å². The van der Waals surface area contributed by atoms with Gasteiger partial charge in [0.2, 0.25) is 10.0 Å². The first-order valence-electron chi connectivity index (χ1n) is 7.96. The molecule has 0 amide bonds. The molecule has 8 heteroatoms. The number of benzene rings is 1. The smallest absolute Gasteiger partial charge is 0.335 e. The Balaban J connectivity index is 1.94. The Bertz CT molecular complexity index is 881. The van der Waals surface area contributed by atoms with E-state index in [2.05, 4.69) is 9.97 Å². The average molecular weight is 361 g/mol. The molecule has 1 fully saturated rings. The minimum Gasteiger partial charge on any atom is -0.478 e. The van der Waals surface area contributed by atoms with Gasteiger partial charge in [-0.2, -0.15) is 0 Å². The molecule has 0 aliphatic carbocycles. The van der Waals surface area contributed by atoms with Crippen molar-refractivity contribution in [2.45, 2.75) is 18.8 Å². The van der Waals surface area contributed by atoms with Crippen LogP contribution in [0.4, 0.5) is 0 Å². The third kappa shape index (κ3) is 3.85. The topological polar surface area (TPSA) is 100 Å². The molecule has 3 rings (SSSR count). The molecule has 132 valence electrons. The van der Waals surface area contributed by atoms with Crippen LogP contribution in [0.3, 0.4) is 0 Å². The van der Waals surface area contributed by atoms with E-state index < -0.39 is 16.0 Å². The summed E-state index contributed by atoms with van der Waals surface area (Å²) in [7, 11) is -3.24. The van der Waals surface area contributed by atoms with Crippen molar-refractivity contribution >= 4 is 16.0 Å². The normalized spacial score (nSPS) is 18.8. The predicted octanol–water partition coefficient (Wildman–Crippen LogP) is 1.98. The lowest BCUT2D eigenvalue weighted by atomic mass is 9.92. The fourth-order valence-electron chi connectivity index (χ4n) is 3.11. The van der Waals surface area contributed by atoms with Gasteiger partial charge < -0.3 is 5.11 Å². The fraction of sp³-hybridized carbons (Fsp3) is 0.353. The number of piperidine rings is 1. The van der Waals surface area contributed by atoms with E-state index in [0.29, 0.717) is 18.8 Å². The number of hydrogen-bond donors (Lipinski definition) is 1. The maximum absolute atomic E-state index is 11.9. The van der Waals surface area contributed by atoms with E-state index in [9.17, 15) is 13.2 Å². The highest BCUT2D eigenvalue weighted by molar-refractivity contribution is 7.88. The van der Waals surface area contributed by atoms with Gasteiger partial charge in [-0.15, -0.1) is 0 Å². The van der Waals surface area contributed by atoms with Crippen molar-refractivity contribution in [3.05, 3.63) is 47.9 Å². The van der Waals surface area contributed by atoms with Crippen LogP contribution in [0, 0.1) is 0 Å². The van der Waals surface area contributed by atoms with Gasteiger partial charge in [-0.05, 0) is 25.0 Å². The number of carboxylic acids is 1. The first kappa shape index (κ1) is 17.5. The number of carbonyl (C=O) groups is 1. The van der Waals surface area contributed by atoms with Crippen LogP contribution in [0.2, 0.25) is 0 Å². The first-order valence-corrected chi connectivity index (χ1v) is 9.81. The average Bonchev–Trinajstić information content (AvgIpc) is 2.61. The van der Waals surface area contributed by atoms with Crippen LogP contribution in [0.25, 0.3) is 11.3 Å². The zero-order chi connectivity index (χ0) is 18.0. The van der Waals surface area contributed by atoms with Gasteiger partial charge in [-0.25, -0.2) is 17.5 Å². The van der Waals surface area contributed by atoms with E-state index in [0.717, 1.165) is 24.1 Å². The maximum Gasteiger partial charge on any atom is 0.335 e. The lowest BCUT2D eigenvalue weighted by molar-refractivity contribution is 0.0697. The van der Waals surface area contributed by atoms with Gasteiger partial charge in [0.25, 0.3) is 0 Å². The molecule has 7 nitrogen and oxygen atoms in total. The summed E-state index contributed by atoms with van der Waals surface area (Å²) in [5.41, 5.74) is 2.39. The Morgan fingerprint density at radius 2 is 1.88 bits per heavy atom. The minimum absolute atomic E-state index is 0.0358. The first-order chi connectivity index (χ1) is 11.9. The zero-order valence-corrected chi connectivity index (χ0v) is 14.6. The second-order valence-electron chi connectivity index (χ2n) is 6.13. The van der Waals surface area contributed by atoms with E-state index in [4.69, 9.17) is 5.11 Å². The standard InChI is InChI=1S/C17H19N3O4S/c1-25(23,24)20-10-2-3-14(11-20)16-15(18-8-9-19-16)12-4-6-13(7-5-12)17(21)22/h4-9,14H,2-3,10-11H2,1H3,(H,21,22)/t14-/m1/s1. The Kier molecular flexibility index (Phi) is 4.82. The summed E-state index contributed by atoms with van der Waals surface area (Å²) in [6, 6.07) is 6.46. The molecule has 1 N–H and O–H groups in total. The van der Waals surface area contributed by atoms with Gasteiger partial charge in [0, 0.05) is 37.0 Å². The van der Waals surface area contributed by atoms with Gasteiger partial charge >= 0.3 is 5.97 Å². The lowest BCUT2D eigenvalue weighted by Crippen LogP contribution is -2.38. The Hall–Kier alpha value is -2.32. The number of aromatic carboxylic acids is 1. The minimum atomic E-state index is -3.24. The van der Waals surface area contributed by atoms with Gasteiger partial charge in [0.15, 0.2) is 0 Å². The Morgan fingerprint density at radius 1 is 1.20 bits per heavy atom. The van der Waals surface area contributed by atoms with Crippen molar-refractivity contribution in [1.29, 1.82) is 0 Å². The SMILES string of the molecule is CS(=O)(=O)N1CCC[C@@H](c2nccnc2-c2ccc(C(=O)O)cc2)C1. The van der Waals surface area contributed by atoms with E-state index >= 15 is 0 Å². The fourth-order valence-corrected chi connectivity index (χ4v) is 4.02. The molecule has 0 bridgehead atoms. The molecule has 1 aromatic carbocycles. The van der Waals surface area contributed by atoms with Crippen LogP contribution < -0.4 is 0 Å². The number of hydrogen-bond acceptors (Lipinski definition) is 5. The Morgan fingerprint density at radius 3 is 2.52 bits per heavy atom. The quantitative estimate of drug-likeness (QED) is 0.894. The van der Waals surface area contributed by atoms with E-state index in [-0.39, 0.29) is 11.5 Å². The zero-order valence-electron chi connectivity index (χ0n) is 13.8. The van der Waals surface area contributed by atoms with Crippen molar-refractivity contribution < 1.29 is 18.3 Å². The molecule has 0 unspecified atom stereocenters. The monoisotopic (exact) mass is 361 g/mol. The summed E-state index contributed by atoms with van der Waals surface area (Å²) in [5.74, 6) is -1.02. The molecule has 2 aromatic rings. The molecule has 1 aliphatic heterocycles.